The fraction of sp³-hybridized carbons (Fsp3) is 0.125. The molecule has 126 valence electrons. The van der Waals surface area contributed by atoms with E-state index in [4.69, 9.17) is 0 Å². The predicted molar refractivity (Wildman–Crippen MR) is 88.4 cm³/mol. The third-order valence-electron chi connectivity index (χ3n) is 3.11. The molecule has 0 fully saturated rings. The zero-order valence-electron chi connectivity index (χ0n) is 12.9. The number of ether oxygens (including phenoxy) is 1. The lowest BCUT2D eigenvalue weighted by Gasteiger charge is -2.08. The third kappa shape index (κ3) is 4.64. The molecule has 24 heavy (non-hydrogen) atoms. The number of ketones is 1. The second-order valence-electron chi connectivity index (χ2n) is 4.75. The zero-order valence-corrected chi connectivity index (χ0v) is 13.7. The first-order valence-electron chi connectivity index (χ1n) is 6.95. The lowest BCUT2D eigenvalue weighted by Crippen LogP contribution is -2.29. The molecule has 0 radical (unpaired) electrons. The number of methoxy groups -OCH3 is 1. The van der Waals surface area contributed by atoms with Crippen molar-refractivity contribution in [3.05, 3.63) is 60.2 Å². The molecule has 0 heterocycles. The van der Waals surface area contributed by atoms with Crippen LogP contribution in [-0.2, 0) is 14.8 Å². The molecule has 2 aromatic carbocycles. The van der Waals surface area contributed by atoms with Crippen molar-refractivity contribution >= 4 is 27.6 Å². The Morgan fingerprint density at radius 3 is 2.21 bits per heavy atom. The number of hydrogen-bond acceptors (Lipinski definition) is 5. The van der Waals surface area contributed by atoms with Gasteiger partial charge >= 0.3 is 6.09 Å². The monoisotopic (exact) mass is 348 g/mol. The van der Waals surface area contributed by atoms with E-state index in [1.165, 1.54) is 31.4 Å². The lowest BCUT2D eigenvalue weighted by atomic mass is 10.1. The summed E-state index contributed by atoms with van der Waals surface area (Å²) in [6.07, 6.45) is -0.655. The topological polar surface area (TPSA) is 102 Å². The van der Waals surface area contributed by atoms with Gasteiger partial charge in [-0.15, -0.1) is 0 Å². The van der Waals surface area contributed by atoms with Gasteiger partial charge in [-0.25, -0.2) is 17.9 Å². The first-order chi connectivity index (χ1) is 11.4. The van der Waals surface area contributed by atoms with Gasteiger partial charge in [0.05, 0.1) is 18.6 Å². The molecule has 0 saturated heterocycles. The Hall–Kier alpha value is -2.71. The van der Waals surface area contributed by atoms with Gasteiger partial charge in [-0.3, -0.25) is 10.1 Å². The van der Waals surface area contributed by atoms with E-state index in [1.54, 1.807) is 30.3 Å². The average Bonchev–Trinajstić information content (AvgIpc) is 2.61. The van der Waals surface area contributed by atoms with E-state index in [2.05, 4.69) is 14.8 Å². The maximum atomic E-state index is 12.2. The van der Waals surface area contributed by atoms with Crippen LogP contribution < -0.4 is 10.0 Å². The highest BCUT2D eigenvalue weighted by molar-refractivity contribution is 7.89. The van der Waals surface area contributed by atoms with E-state index < -0.39 is 16.1 Å². The van der Waals surface area contributed by atoms with Crippen LogP contribution in [0.2, 0.25) is 0 Å². The van der Waals surface area contributed by atoms with Gasteiger partial charge < -0.3 is 4.74 Å². The molecule has 0 aliphatic rings. The average molecular weight is 348 g/mol. The summed E-state index contributed by atoms with van der Waals surface area (Å²) in [6, 6.07) is 13.9. The Morgan fingerprint density at radius 1 is 1.00 bits per heavy atom. The van der Waals surface area contributed by atoms with E-state index in [0.29, 0.717) is 11.3 Å². The number of sulfonamides is 1. The number of nitrogens with one attached hydrogen (secondary N) is 2. The summed E-state index contributed by atoms with van der Waals surface area (Å²) in [5, 5.41) is 2.41. The quantitative estimate of drug-likeness (QED) is 0.778. The number of hydrogen-bond donors (Lipinski definition) is 2. The Kier molecular flexibility index (Phi) is 5.67. The number of Topliss-reactive ketones (excluding diaryl/α,β-unsaturated/α-hetero) is 1. The van der Waals surface area contributed by atoms with Gasteiger partial charge in [0.2, 0.25) is 10.0 Å². The molecule has 0 bridgehead atoms. The molecule has 0 saturated carbocycles. The number of benzene rings is 2. The number of carbonyl (C=O) groups is 2. The van der Waals surface area contributed by atoms with Crippen LogP contribution >= 0.6 is 0 Å². The Morgan fingerprint density at radius 2 is 1.62 bits per heavy atom. The normalized spacial score (nSPS) is 10.9. The smallest absolute Gasteiger partial charge is 0.411 e. The van der Waals surface area contributed by atoms with Crippen molar-refractivity contribution in [2.24, 2.45) is 0 Å². The standard InChI is InChI=1S/C16H16N2O5S/c1-23-16(20)18-13-7-9-14(10-8-13)24(21,22)17-11-15(19)12-5-3-2-4-6-12/h2-10,17H,11H2,1H3,(H,18,20). The molecule has 1 amide bonds. The highest BCUT2D eigenvalue weighted by Gasteiger charge is 2.16. The summed E-state index contributed by atoms with van der Waals surface area (Å²) >= 11 is 0. The van der Waals surface area contributed by atoms with Crippen LogP contribution in [0.1, 0.15) is 10.4 Å². The van der Waals surface area contributed by atoms with Crippen molar-refractivity contribution in [3.63, 3.8) is 0 Å². The molecule has 7 nitrogen and oxygen atoms in total. The van der Waals surface area contributed by atoms with Crippen LogP contribution in [0, 0.1) is 0 Å². The van der Waals surface area contributed by atoms with E-state index >= 15 is 0 Å². The second kappa shape index (κ2) is 7.71. The van der Waals surface area contributed by atoms with Crippen molar-refractivity contribution in [1.82, 2.24) is 4.72 Å². The van der Waals surface area contributed by atoms with Crippen molar-refractivity contribution in [1.29, 1.82) is 0 Å². The van der Waals surface area contributed by atoms with Gasteiger partial charge in [0.1, 0.15) is 0 Å². The number of carbonyl (C=O) groups excluding carboxylic acids is 2. The molecule has 0 spiro atoms. The van der Waals surface area contributed by atoms with Crippen LogP contribution in [-0.4, -0.2) is 33.9 Å². The minimum absolute atomic E-state index is 0.0150. The van der Waals surface area contributed by atoms with Gasteiger partial charge in [-0.2, -0.15) is 0 Å². The molecule has 8 heteroatoms. The van der Waals surface area contributed by atoms with Crippen LogP contribution in [0.5, 0.6) is 0 Å². The molecule has 0 unspecified atom stereocenters. The van der Waals surface area contributed by atoms with Gasteiger partial charge in [0.15, 0.2) is 5.78 Å². The predicted octanol–water partition coefficient (Wildman–Crippen LogP) is 2.03. The molecule has 0 aromatic heterocycles. The largest absolute Gasteiger partial charge is 0.453 e. The third-order valence-corrected chi connectivity index (χ3v) is 4.53. The van der Waals surface area contributed by atoms with E-state index in [0.717, 1.165) is 0 Å². The second-order valence-corrected chi connectivity index (χ2v) is 6.52. The molecule has 0 aliphatic carbocycles. The summed E-state index contributed by atoms with van der Waals surface area (Å²) in [6.45, 7) is -0.339. The molecular weight excluding hydrogens is 332 g/mol. The molecule has 0 atom stereocenters. The van der Waals surface area contributed by atoms with Crippen molar-refractivity contribution in [3.8, 4) is 0 Å². The minimum atomic E-state index is -3.83. The molecule has 2 aromatic rings. The van der Waals surface area contributed by atoms with Crippen molar-refractivity contribution in [2.45, 2.75) is 4.90 Å². The molecule has 0 aliphatic heterocycles. The lowest BCUT2D eigenvalue weighted by molar-refractivity contribution is 0.0997. The summed E-state index contributed by atoms with van der Waals surface area (Å²) in [5.41, 5.74) is 0.819. The zero-order chi connectivity index (χ0) is 17.6. The van der Waals surface area contributed by atoms with E-state index in [9.17, 15) is 18.0 Å². The van der Waals surface area contributed by atoms with Crippen LogP contribution in [0.4, 0.5) is 10.5 Å². The van der Waals surface area contributed by atoms with Gasteiger partial charge in [0, 0.05) is 11.3 Å². The van der Waals surface area contributed by atoms with Crippen LogP contribution in [0.3, 0.4) is 0 Å². The maximum absolute atomic E-state index is 12.2. The van der Waals surface area contributed by atoms with Gasteiger partial charge in [-0.1, -0.05) is 30.3 Å². The van der Waals surface area contributed by atoms with Crippen LogP contribution in [0.25, 0.3) is 0 Å². The van der Waals surface area contributed by atoms with Crippen molar-refractivity contribution < 1.29 is 22.7 Å². The Bertz CT molecular complexity index is 817. The molecule has 2 rings (SSSR count). The van der Waals surface area contributed by atoms with E-state index in [-0.39, 0.29) is 17.2 Å². The number of amides is 1. The summed E-state index contributed by atoms with van der Waals surface area (Å²) in [4.78, 5) is 23.0. The highest BCUT2D eigenvalue weighted by atomic mass is 32.2. The summed E-state index contributed by atoms with van der Waals surface area (Å²) in [7, 11) is -2.60. The molecular formula is C16H16N2O5S. The minimum Gasteiger partial charge on any atom is -0.453 e. The fourth-order valence-electron chi connectivity index (χ4n) is 1.86. The van der Waals surface area contributed by atoms with Gasteiger partial charge in [0.25, 0.3) is 0 Å². The first kappa shape index (κ1) is 17.6. The van der Waals surface area contributed by atoms with Crippen molar-refractivity contribution in [2.75, 3.05) is 19.0 Å². The Balaban J connectivity index is 2.02. The summed E-state index contributed by atoms with van der Waals surface area (Å²) < 4.78 is 31.1. The number of anilines is 1. The van der Waals surface area contributed by atoms with E-state index in [1.807, 2.05) is 0 Å². The Labute approximate surface area is 139 Å². The van der Waals surface area contributed by atoms with Gasteiger partial charge in [-0.05, 0) is 24.3 Å². The molecule has 2 N–H and O–H groups in total. The number of rotatable bonds is 6. The summed E-state index contributed by atoms with van der Waals surface area (Å²) in [5.74, 6) is -0.330. The first-order valence-corrected chi connectivity index (χ1v) is 8.43. The maximum Gasteiger partial charge on any atom is 0.411 e. The highest BCUT2D eigenvalue weighted by Crippen LogP contribution is 2.14. The SMILES string of the molecule is COC(=O)Nc1ccc(S(=O)(=O)NCC(=O)c2ccccc2)cc1. The fourth-order valence-corrected chi connectivity index (χ4v) is 2.84. The van der Waals surface area contributed by atoms with Crippen LogP contribution in [0.15, 0.2) is 59.5 Å².